The Labute approximate surface area is 108 Å². The molecule has 0 radical (unpaired) electrons. The number of carboxylic acid groups (broad SMARTS) is 1. The van der Waals surface area contributed by atoms with Gasteiger partial charge in [-0.3, -0.25) is 4.79 Å². The topological polar surface area (TPSA) is 42.2 Å². The van der Waals surface area contributed by atoms with Gasteiger partial charge in [-0.2, -0.15) is 0 Å². The molecule has 0 saturated heterocycles. The minimum absolute atomic E-state index is 0.0673. The molecule has 0 saturated carbocycles. The van der Waals surface area contributed by atoms with Gasteiger partial charge in [-0.15, -0.1) is 0 Å². The predicted octanol–water partition coefficient (Wildman–Crippen LogP) is 3.61. The maximum Gasteiger partial charge on any atom is 0.307 e. The van der Waals surface area contributed by atoms with Gasteiger partial charge in [-0.05, 0) is 31.5 Å². The fourth-order valence-electron chi connectivity index (χ4n) is 2.03. The zero-order valence-electron chi connectivity index (χ0n) is 9.77. The number of nitrogens with zero attached hydrogens (tertiary/aromatic N) is 1. The summed E-state index contributed by atoms with van der Waals surface area (Å²) in [5, 5.41) is 9.93. The number of aliphatic carboxylic acids is 1. The molecule has 1 N–H and O–H groups in total. The van der Waals surface area contributed by atoms with Crippen LogP contribution in [0, 0.1) is 0 Å². The van der Waals surface area contributed by atoms with Crippen molar-refractivity contribution >= 4 is 32.8 Å². The van der Waals surface area contributed by atoms with E-state index in [2.05, 4.69) is 34.3 Å². The standard InChI is InChI=1S/C13H14BrNO2/c1-8(2)15-7-9(5-13(16)17)11-4-3-10(14)6-12(11)15/h3-4,6-8H,5H2,1-2H3,(H,16,17). The smallest absolute Gasteiger partial charge is 0.307 e. The predicted molar refractivity (Wildman–Crippen MR) is 71.4 cm³/mol. The molecule has 90 valence electrons. The molecule has 1 heterocycles. The normalized spacial score (nSPS) is 11.3. The van der Waals surface area contributed by atoms with E-state index >= 15 is 0 Å². The third-order valence-electron chi connectivity index (χ3n) is 2.78. The minimum Gasteiger partial charge on any atom is -0.481 e. The number of halogens is 1. The van der Waals surface area contributed by atoms with Crippen molar-refractivity contribution in [1.29, 1.82) is 0 Å². The summed E-state index contributed by atoms with van der Waals surface area (Å²) in [6.07, 6.45) is 2.01. The number of hydrogen-bond acceptors (Lipinski definition) is 1. The lowest BCUT2D eigenvalue weighted by atomic mass is 10.1. The van der Waals surface area contributed by atoms with E-state index in [-0.39, 0.29) is 6.42 Å². The highest BCUT2D eigenvalue weighted by molar-refractivity contribution is 9.10. The highest BCUT2D eigenvalue weighted by Crippen LogP contribution is 2.27. The van der Waals surface area contributed by atoms with Gasteiger partial charge >= 0.3 is 5.97 Å². The first-order valence-corrected chi connectivity index (χ1v) is 6.29. The molecule has 1 aromatic heterocycles. The summed E-state index contributed by atoms with van der Waals surface area (Å²) in [6, 6.07) is 6.25. The number of hydrogen-bond donors (Lipinski definition) is 1. The first-order chi connectivity index (χ1) is 7.99. The van der Waals surface area contributed by atoms with Crippen molar-refractivity contribution < 1.29 is 9.90 Å². The summed E-state index contributed by atoms with van der Waals surface area (Å²) < 4.78 is 3.12. The Morgan fingerprint density at radius 1 is 1.47 bits per heavy atom. The van der Waals surface area contributed by atoms with Gasteiger partial charge in [0.15, 0.2) is 0 Å². The second-order valence-electron chi connectivity index (χ2n) is 4.39. The van der Waals surface area contributed by atoms with E-state index in [9.17, 15) is 4.79 Å². The van der Waals surface area contributed by atoms with Gasteiger partial charge in [0.2, 0.25) is 0 Å². The van der Waals surface area contributed by atoms with Crippen LogP contribution in [0.5, 0.6) is 0 Å². The highest BCUT2D eigenvalue weighted by atomic mass is 79.9. The maximum atomic E-state index is 10.8. The van der Waals surface area contributed by atoms with Crippen LogP contribution in [0.25, 0.3) is 10.9 Å². The lowest BCUT2D eigenvalue weighted by Gasteiger charge is -2.08. The van der Waals surface area contributed by atoms with Crippen molar-refractivity contribution in [1.82, 2.24) is 4.57 Å². The van der Waals surface area contributed by atoms with E-state index in [4.69, 9.17) is 5.11 Å². The second kappa shape index (κ2) is 4.53. The lowest BCUT2D eigenvalue weighted by molar-refractivity contribution is -0.136. The molecule has 2 aromatic rings. The van der Waals surface area contributed by atoms with Gasteiger partial charge in [0.05, 0.1) is 6.42 Å². The first kappa shape index (κ1) is 12.2. The quantitative estimate of drug-likeness (QED) is 0.940. The number of carboxylic acids is 1. The van der Waals surface area contributed by atoms with Gasteiger partial charge in [0, 0.05) is 27.6 Å². The molecule has 0 aliphatic heterocycles. The van der Waals surface area contributed by atoms with E-state index in [1.807, 2.05) is 24.4 Å². The van der Waals surface area contributed by atoms with Crippen molar-refractivity contribution in [3.05, 3.63) is 34.4 Å². The highest BCUT2D eigenvalue weighted by Gasteiger charge is 2.13. The van der Waals surface area contributed by atoms with Crippen molar-refractivity contribution in [3.63, 3.8) is 0 Å². The molecule has 0 aliphatic rings. The van der Waals surface area contributed by atoms with Crippen LogP contribution >= 0.6 is 15.9 Å². The molecule has 0 amide bonds. The molecule has 17 heavy (non-hydrogen) atoms. The van der Waals surface area contributed by atoms with Crippen molar-refractivity contribution in [2.24, 2.45) is 0 Å². The molecule has 4 heteroatoms. The van der Waals surface area contributed by atoms with E-state index in [0.29, 0.717) is 6.04 Å². The Balaban J connectivity index is 2.66. The minimum atomic E-state index is -0.796. The Bertz CT molecular complexity index is 572. The molecule has 1 aromatic carbocycles. The summed E-state index contributed by atoms with van der Waals surface area (Å²) in [6.45, 7) is 4.18. The third kappa shape index (κ3) is 2.36. The number of fused-ring (bicyclic) bond motifs is 1. The Morgan fingerprint density at radius 3 is 2.76 bits per heavy atom. The lowest BCUT2D eigenvalue weighted by Crippen LogP contribution is -2.00. The van der Waals surface area contributed by atoms with Crippen molar-refractivity contribution in [2.75, 3.05) is 0 Å². The SMILES string of the molecule is CC(C)n1cc(CC(=O)O)c2ccc(Br)cc21. The number of benzene rings is 1. The number of carbonyl (C=O) groups is 1. The number of rotatable bonds is 3. The zero-order valence-corrected chi connectivity index (χ0v) is 11.4. The van der Waals surface area contributed by atoms with Crippen LogP contribution in [0.1, 0.15) is 25.5 Å². The van der Waals surface area contributed by atoms with Gasteiger partial charge in [-0.25, -0.2) is 0 Å². The van der Waals surface area contributed by atoms with Crippen LogP contribution in [0.2, 0.25) is 0 Å². The molecule has 3 nitrogen and oxygen atoms in total. The van der Waals surface area contributed by atoms with Crippen LogP contribution in [0.3, 0.4) is 0 Å². The fraction of sp³-hybridized carbons (Fsp3) is 0.308. The van der Waals surface area contributed by atoms with Crippen molar-refractivity contribution in [2.45, 2.75) is 26.3 Å². The Morgan fingerprint density at radius 2 is 2.18 bits per heavy atom. The van der Waals surface area contributed by atoms with Gasteiger partial charge < -0.3 is 9.67 Å². The summed E-state index contributed by atoms with van der Waals surface area (Å²) in [7, 11) is 0. The average molecular weight is 296 g/mol. The molecule has 0 spiro atoms. The molecular formula is C13H14BrNO2. The van der Waals surface area contributed by atoms with E-state index < -0.39 is 5.97 Å². The summed E-state index contributed by atoms with van der Waals surface area (Å²) in [5.74, 6) is -0.796. The molecule has 0 unspecified atom stereocenters. The van der Waals surface area contributed by atoms with E-state index in [0.717, 1.165) is 20.9 Å². The van der Waals surface area contributed by atoms with Crippen LogP contribution in [0.15, 0.2) is 28.9 Å². The molecule has 0 fully saturated rings. The van der Waals surface area contributed by atoms with Crippen LogP contribution in [0.4, 0.5) is 0 Å². The van der Waals surface area contributed by atoms with Gasteiger partial charge in [0.1, 0.15) is 0 Å². The van der Waals surface area contributed by atoms with E-state index in [1.54, 1.807) is 0 Å². The largest absolute Gasteiger partial charge is 0.481 e. The second-order valence-corrected chi connectivity index (χ2v) is 5.30. The van der Waals surface area contributed by atoms with Crippen LogP contribution in [-0.4, -0.2) is 15.6 Å². The van der Waals surface area contributed by atoms with Gasteiger partial charge in [0.25, 0.3) is 0 Å². The molecule has 2 rings (SSSR count). The van der Waals surface area contributed by atoms with Gasteiger partial charge in [-0.1, -0.05) is 22.0 Å². The molecule has 0 aliphatic carbocycles. The monoisotopic (exact) mass is 295 g/mol. The zero-order chi connectivity index (χ0) is 12.6. The summed E-state index contributed by atoms with van der Waals surface area (Å²) >= 11 is 3.45. The van der Waals surface area contributed by atoms with Crippen LogP contribution in [-0.2, 0) is 11.2 Å². The Hall–Kier alpha value is -1.29. The fourth-order valence-corrected chi connectivity index (χ4v) is 2.38. The molecule has 0 atom stereocenters. The van der Waals surface area contributed by atoms with Crippen molar-refractivity contribution in [3.8, 4) is 0 Å². The maximum absolute atomic E-state index is 10.8. The summed E-state index contributed by atoms with van der Waals surface area (Å²) in [4.78, 5) is 10.8. The molecule has 0 bridgehead atoms. The first-order valence-electron chi connectivity index (χ1n) is 5.50. The van der Waals surface area contributed by atoms with Crippen LogP contribution < -0.4 is 0 Å². The number of aromatic nitrogens is 1. The Kier molecular flexibility index (Phi) is 3.24. The molecular weight excluding hydrogens is 282 g/mol. The summed E-state index contributed by atoms with van der Waals surface area (Å²) in [5.41, 5.74) is 1.94. The average Bonchev–Trinajstić information content (AvgIpc) is 2.55. The third-order valence-corrected chi connectivity index (χ3v) is 3.27. The van der Waals surface area contributed by atoms with E-state index in [1.165, 1.54) is 0 Å².